The first kappa shape index (κ1) is 16.9. The van der Waals surface area contributed by atoms with Crippen molar-refractivity contribution in [2.45, 2.75) is 29.9 Å². The molecule has 0 atom stereocenters. The molecule has 0 bridgehead atoms. The lowest BCUT2D eigenvalue weighted by molar-refractivity contribution is 0.593. The first-order valence-corrected chi connectivity index (χ1v) is 10.2. The average molecular weight is 357 g/mol. The van der Waals surface area contributed by atoms with Crippen LogP contribution in [0.25, 0.3) is 0 Å². The van der Waals surface area contributed by atoms with Crippen LogP contribution >= 0.6 is 11.3 Å². The molecule has 3 nitrogen and oxygen atoms in total. The predicted molar refractivity (Wildman–Crippen MR) is 98.0 cm³/mol. The van der Waals surface area contributed by atoms with Crippen molar-refractivity contribution in [1.29, 1.82) is 0 Å². The van der Waals surface area contributed by atoms with E-state index in [1.165, 1.54) is 11.3 Å². The van der Waals surface area contributed by atoms with Crippen LogP contribution in [0.2, 0.25) is 0 Å². The van der Waals surface area contributed by atoms with Crippen molar-refractivity contribution in [3.05, 3.63) is 82.3 Å². The number of rotatable bonds is 5. The lowest BCUT2D eigenvalue weighted by Crippen LogP contribution is -2.18. The molecule has 0 radical (unpaired) electrons. The number of sulfone groups is 1. The van der Waals surface area contributed by atoms with Crippen molar-refractivity contribution in [1.82, 2.24) is 4.98 Å². The van der Waals surface area contributed by atoms with Gasteiger partial charge in [-0.1, -0.05) is 48.5 Å². The molecule has 0 saturated carbocycles. The van der Waals surface area contributed by atoms with E-state index in [1.54, 1.807) is 24.3 Å². The summed E-state index contributed by atoms with van der Waals surface area (Å²) in [4.78, 5) is 4.94. The molecule has 2 aromatic carbocycles. The van der Waals surface area contributed by atoms with E-state index >= 15 is 0 Å². The number of aromatic nitrogens is 1. The third kappa shape index (κ3) is 3.42. The molecule has 3 rings (SSSR count). The zero-order chi connectivity index (χ0) is 17.2. The van der Waals surface area contributed by atoms with Crippen LogP contribution in [0.5, 0.6) is 0 Å². The molecule has 1 aromatic heterocycles. The third-order valence-electron chi connectivity index (χ3n) is 4.02. The van der Waals surface area contributed by atoms with Gasteiger partial charge in [-0.15, -0.1) is 11.3 Å². The van der Waals surface area contributed by atoms with Crippen LogP contribution in [0.3, 0.4) is 0 Å². The Hall–Kier alpha value is -1.98. The Balaban J connectivity index is 1.87. The van der Waals surface area contributed by atoms with Gasteiger partial charge in [0.15, 0.2) is 9.84 Å². The van der Waals surface area contributed by atoms with E-state index in [9.17, 15) is 8.42 Å². The first-order chi connectivity index (χ1) is 11.4. The lowest BCUT2D eigenvalue weighted by atomic mass is 9.85. The van der Waals surface area contributed by atoms with Crippen LogP contribution in [0.1, 0.15) is 30.1 Å². The van der Waals surface area contributed by atoms with Crippen molar-refractivity contribution in [3.63, 3.8) is 0 Å². The zero-order valence-corrected chi connectivity index (χ0v) is 15.3. The Bertz CT molecular complexity index is 914. The van der Waals surface area contributed by atoms with Crippen molar-refractivity contribution in [3.8, 4) is 0 Å². The molecule has 0 amide bonds. The van der Waals surface area contributed by atoms with E-state index in [2.05, 4.69) is 31.0 Å². The van der Waals surface area contributed by atoms with Crippen molar-refractivity contribution in [2.24, 2.45) is 0 Å². The fourth-order valence-electron chi connectivity index (χ4n) is 2.54. The lowest BCUT2D eigenvalue weighted by Gasteiger charge is -2.22. The topological polar surface area (TPSA) is 47.0 Å². The average Bonchev–Trinajstić information content (AvgIpc) is 3.05. The van der Waals surface area contributed by atoms with E-state index in [0.717, 1.165) is 10.6 Å². The van der Waals surface area contributed by atoms with E-state index in [1.807, 2.05) is 29.6 Å². The summed E-state index contributed by atoms with van der Waals surface area (Å²) < 4.78 is 25.0. The molecule has 3 aromatic rings. The third-order valence-corrected chi connectivity index (χ3v) is 6.90. The summed E-state index contributed by atoms with van der Waals surface area (Å²) in [7, 11) is -3.37. The molecule has 0 unspecified atom stereocenters. The van der Waals surface area contributed by atoms with Crippen LogP contribution in [-0.4, -0.2) is 13.4 Å². The summed E-state index contributed by atoms with van der Waals surface area (Å²) in [6.45, 7) is 4.22. The number of nitrogens with zero attached hydrogens (tertiary/aromatic N) is 1. The maximum Gasteiger partial charge on any atom is 0.184 e. The van der Waals surface area contributed by atoms with Gasteiger partial charge in [-0.05, 0) is 31.5 Å². The summed E-state index contributed by atoms with van der Waals surface area (Å²) in [5.41, 5.74) is 1.51. The van der Waals surface area contributed by atoms with Gasteiger partial charge in [0.25, 0.3) is 0 Å². The monoisotopic (exact) mass is 357 g/mol. The summed E-state index contributed by atoms with van der Waals surface area (Å²) in [6, 6.07) is 18.7. The molecule has 124 valence electrons. The van der Waals surface area contributed by atoms with Crippen LogP contribution in [0.15, 0.2) is 70.9 Å². The zero-order valence-electron chi connectivity index (χ0n) is 13.6. The Morgan fingerprint density at radius 3 is 2.17 bits per heavy atom. The molecule has 1 heterocycles. The highest BCUT2D eigenvalue weighted by Crippen LogP contribution is 2.33. The van der Waals surface area contributed by atoms with Crippen molar-refractivity contribution in [2.75, 3.05) is 0 Å². The number of hydrogen-bond donors (Lipinski definition) is 0. The highest BCUT2D eigenvalue weighted by Gasteiger charge is 2.27. The predicted octanol–water partition coefficient (Wildman–Crippen LogP) is 4.44. The van der Waals surface area contributed by atoms with E-state index < -0.39 is 9.84 Å². The normalized spacial score (nSPS) is 12.2. The van der Waals surface area contributed by atoms with Gasteiger partial charge < -0.3 is 0 Å². The Kier molecular flexibility index (Phi) is 4.56. The van der Waals surface area contributed by atoms with Crippen LogP contribution in [-0.2, 0) is 21.0 Å². The Labute approximate surface area is 146 Å². The minimum atomic E-state index is -3.37. The van der Waals surface area contributed by atoms with Gasteiger partial charge in [-0.2, -0.15) is 0 Å². The standard InChI is InChI=1S/C19H19NO2S2/c1-19(2,15-9-5-3-6-10-15)18-20-16(13-23-18)14-24(21,22)17-11-7-4-8-12-17/h3-13H,14H2,1-2H3. The van der Waals surface area contributed by atoms with Gasteiger partial charge in [0.05, 0.1) is 16.3 Å². The number of hydrogen-bond acceptors (Lipinski definition) is 4. The van der Waals surface area contributed by atoms with Gasteiger partial charge in [0.2, 0.25) is 0 Å². The van der Waals surface area contributed by atoms with E-state index in [0.29, 0.717) is 10.6 Å². The Morgan fingerprint density at radius 1 is 0.958 bits per heavy atom. The van der Waals surface area contributed by atoms with Crippen LogP contribution in [0.4, 0.5) is 0 Å². The number of benzene rings is 2. The summed E-state index contributed by atoms with van der Waals surface area (Å²) >= 11 is 1.51. The van der Waals surface area contributed by atoms with Gasteiger partial charge in [-0.25, -0.2) is 13.4 Å². The minimum Gasteiger partial charge on any atom is -0.244 e. The Morgan fingerprint density at radius 2 is 1.54 bits per heavy atom. The molecule has 5 heteroatoms. The van der Waals surface area contributed by atoms with Crippen molar-refractivity contribution >= 4 is 21.2 Å². The highest BCUT2D eigenvalue weighted by atomic mass is 32.2. The first-order valence-electron chi connectivity index (χ1n) is 7.68. The molecule has 0 saturated heterocycles. The summed E-state index contributed by atoms with van der Waals surface area (Å²) in [5.74, 6) is -0.0710. The van der Waals surface area contributed by atoms with Crippen molar-refractivity contribution < 1.29 is 8.42 Å². The molecule has 0 spiro atoms. The van der Waals surface area contributed by atoms with Gasteiger partial charge in [0, 0.05) is 10.8 Å². The van der Waals surface area contributed by atoms with Gasteiger partial charge in [-0.3, -0.25) is 0 Å². The SMILES string of the molecule is CC(C)(c1ccccc1)c1nc(CS(=O)(=O)c2ccccc2)cs1. The second-order valence-electron chi connectivity index (χ2n) is 6.21. The van der Waals surface area contributed by atoms with Gasteiger partial charge >= 0.3 is 0 Å². The minimum absolute atomic E-state index is 0.0710. The molecule has 24 heavy (non-hydrogen) atoms. The largest absolute Gasteiger partial charge is 0.244 e. The second kappa shape index (κ2) is 6.49. The number of thiazole rings is 1. The van der Waals surface area contributed by atoms with Crippen LogP contribution in [0, 0.1) is 0 Å². The maximum atomic E-state index is 12.5. The quantitative estimate of drug-likeness (QED) is 0.678. The summed E-state index contributed by atoms with van der Waals surface area (Å²) in [6.07, 6.45) is 0. The second-order valence-corrected chi connectivity index (χ2v) is 9.05. The molecular weight excluding hydrogens is 338 g/mol. The molecular formula is C19H19NO2S2. The molecule has 0 N–H and O–H groups in total. The van der Waals surface area contributed by atoms with E-state index in [4.69, 9.17) is 0 Å². The summed E-state index contributed by atoms with van der Waals surface area (Å²) in [5, 5.41) is 2.77. The highest BCUT2D eigenvalue weighted by molar-refractivity contribution is 7.90. The smallest absolute Gasteiger partial charge is 0.184 e. The maximum absolute atomic E-state index is 12.5. The fourth-order valence-corrected chi connectivity index (χ4v) is 4.89. The molecule has 0 fully saturated rings. The van der Waals surface area contributed by atoms with Crippen LogP contribution < -0.4 is 0 Å². The molecule has 0 aliphatic rings. The molecule has 0 aliphatic carbocycles. The van der Waals surface area contributed by atoms with Gasteiger partial charge in [0.1, 0.15) is 5.01 Å². The molecule has 0 aliphatic heterocycles. The fraction of sp³-hybridized carbons (Fsp3) is 0.211. The van der Waals surface area contributed by atoms with E-state index in [-0.39, 0.29) is 11.2 Å².